The lowest BCUT2D eigenvalue weighted by Crippen LogP contribution is -2.45. The van der Waals surface area contributed by atoms with E-state index in [0.717, 1.165) is 18.6 Å². The molecule has 0 aromatic heterocycles. The molecule has 0 heterocycles. The van der Waals surface area contributed by atoms with Crippen LogP contribution in [0.15, 0.2) is 0 Å². The van der Waals surface area contributed by atoms with Crippen molar-refractivity contribution >= 4 is 34.9 Å². The van der Waals surface area contributed by atoms with E-state index in [1.54, 1.807) is 11.8 Å². The first kappa shape index (κ1) is 11.8. The van der Waals surface area contributed by atoms with Gasteiger partial charge in [-0.2, -0.15) is 11.8 Å². The van der Waals surface area contributed by atoms with Crippen molar-refractivity contribution in [2.24, 2.45) is 11.7 Å². The van der Waals surface area contributed by atoms with Crippen LogP contribution >= 0.6 is 24.0 Å². The summed E-state index contributed by atoms with van der Waals surface area (Å²) in [7, 11) is 0. The van der Waals surface area contributed by atoms with Gasteiger partial charge in [-0.25, -0.2) is 0 Å². The van der Waals surface area contributed by atoms with Crippen molar-refractivity contribution in [2.75, 3.05) is 12.0 Å². The van der Waals surface area contributed by atoms with Crippen LogP contribution in [0, 0.1) is 5.92 Å². The molecule has 0 radical (unpaired) electrons. The van der Waals surface area contributed by atoms with E-state index in [1.807, 2.05) is 6.26 Å². The van der Waals surface area contributed by atoms with Crippen molar-refractivity contribution < 1.29 is 4.79 Å². The van der Waals surface area contributed by atoms with Crippen molar-refractivity contribution in [3.8, 4) is 0 Å². The average molecular weight is 232 g/mol. The number of nitrogens with two attached hydrogens (primary N) is 1. The molecule has 0 spiro atoms. The van der Waals surface area contributed by atoms with Crippen LogP contribution in [0.4, 0.5) is 0 Å². The minimum atomic E-state index is -0.0700. The van der Waals surface area contributed by atoms with E-state index in [2.05, 4.69) is 5.32 Å². The summed E-state index contributed by atoms with van der Waals surface area (Å²) < 4.78 is 0. The molecule has 1 amide bonds. The zero-order valence-electron chi connectivity index (χ0n) is 8.29. The van der Waals surface area contributed by atoms with Crippen LogP contribution in [-0.2, 0) is 4.79 Å². The van der Waals surface area contributed by atoms with Crippen molar-refractivity contribution in [2.45, 2.75) is 25.3 Å². The topological polar surface area (TPSA) is 55.1 Å². The number of thioether (sulfide) groups is 1. The Kier molecular flexibility index (Phi) is 4.68. The fourth-order valence-electron chi connectivity index (χ4n) is 1.29. The molecule has 1 saturated carbocycles. The van der Waals surface area contributed by atoms with E-state index in [4.69, 9.17) is 18.0 Å². The summed E-state index contributed by atoms with van der Waals surface area (Å²) in [5.74, 6) is 1.40. The lowest BCUT2D eigenvalue weighted by atomic mass is 10.2. The number of carbonyl (C=O) groups excluding carboxylic acids is 1. The summed E-state index contributed by atoms with van der Waals surface area (Å²) in [6.45, 7) is 0. The van der Waals surface area contributed by atoms with Gasteiger partial charge in [-0.05, 0) is 25.0 Å². The molecule has 1 fully saturated rings. The van der Waals surface area contributed by atoms with Gasteiger partial charge in [0.25, 0.3) is 0 Å². The maximum Gasteiger partial charge on any atom is 0.221 e. The molecule has 5 heteroatoms. The molecule has 0 aliphatic heterocycles. The van der Waals surface area contributed by atoms with Crippen LogP contribution in [0.25, 0.3) is 0 Å². The quantitative estimate of drug-likeness (QED) is 0.669. The predicted octanol–water partition coefficient (Wildman–Crippen LogP) is 0.920. The Morgan fingerprint density at radius 3 is 2.79 bits per heavy atom. The number of hydrogen-bond acceptors (Lipinski definition) is 3. The molecule has 3 nitrogen and oxygen atoms in total. The zero-order valence-corrected chi connectivity index (χ0v) is 9.92. The first-order chi connectivity index (χ1) is 6.65. The minimum absolute atomic E-state index is 0.0593. The molecule has 14 heavy (non-hydrogen) atoms. The van der Waals surface area contributed by atoms with Crippen LogP contribution in [0.3, 0.4) is 0 Å². The standard InChI is InChI=1S/C9H16N2OS2/c1-14-5-4-7(12)11-8(9(10)13)6-2-3-6/h6,8H,2-5H2,1H3,(H2,10,13)(H,11,12). The summed E-state index contributed by atoms with van der Waals surface area (Å²) >= 11 is 6.59. The van der Waals surface area contributed by atoms with Crippen LogP contribution in [0.1, 0.15) is 19.3 Å². The van der Waals surface area contributed by atoms with Gasteiger partial charge >= 0.3 is 0 Å². The summed E-state index contributed by atoms with van der Waals surface area (Å²) in [4.78, 5) is 11.8. The van der Waals surface area contributed by atoms with Gasteiger partial charge in [0.1, 0.15) is 0 Å². The van der Waals surface area contributed by atoms with Gasteiger partial charge in [0.2, 0.25) is 5.91 Å². The highest BCUT2D eigenvalue weighted by molar-refractivity contribution is 7.98. The predicted molar refractivity (Wildman–Crippen MR) is 64.4 cm³/mol. The van der Waals surface area contributed by atoms with Crippen molar-refractivity contribution in [3.05, 3.63) is 0 Å². The second kappa shape index (κ2) is 5.56. The van der Waals surface area contributed by atoms with Crippen LogP contribution < -0.4 is 11.1 Å². The number of hydrogen-bond donors (Lipinski definition) is 2. The van der Waals surface area contributed by atoms with Crippen molar-refractivity contribution in [1.82, 2.24) is 5.32 Å². The molecule has 1 unspecified atom stereocenters. The third-order valence-corrected chi connectivity index (χ3v) is 3.12. The highest BCUT2D eigenvalue weighted by Gasteiger charge is 2.33. The maximum atomic E-state index is 11.4. The van der Waals surface area contributed by atoms with Crippen molar-refractivity contribution in [1.29, 1.82) is 0 Å². The van der Waals surface area contributed by atoms with E-state index in [9.17, 15) is 4.79 Å². The van der Waals surface area contributed by atoms with Gasteiger partial charge in [0.15, 0.2) is 0 Å². The van der Waals surface area contributed by atoms with E-state index in [1.165, 1.54) is 0 Å². The third kappa shape index (κ3) is 3.84. The lowest BCUT2D eigenvalue weighted by Gasteiger charge is -2.16. The Labute approximate surface area is 94.2 Å². The summed E-state index contributed by atoms with van der Waals surface area (Å²) in [5.41, 5.74) is 5.57. The molecule has 1 rings (SSSR count). The highest BCUT2D eigenvalue weighted by Crippen LogP contribution is 2.32. The molecular formula is C9H16N2OS2. The second-order valence-electron chi connectivity index (χ2n) is 3.53. The van der Waals surface area contributed by atoms with Gasteiger partial charge in [-0.3, -0.25) is 4.79 Å². The molecule has 80 valence electrons. The largest absolute Gasteiger partial charge is 0.392 e. The fourth-order valence-corrected chi connectivity index (χ4v) is 1.93. The second-order valence-corrected chi connectivity index (χ2v) is 4.98. The molecule has 3 N–H and O–H groups in total. The Bertz CT molecular complexity index is 229. The number of thiocarbonyl (C=S) groups is 1. The van der Waals surface area contributed by atoms with E-state index in [0.29, 0.717) is 17.3 Å². The van der Waals surface area contributed by atoms with Crippen LogP contribution in [0.2, 0.25) is 0 Å². The number of nitrogens with one attached hydrogen (secondary N) is 1. The first-order valence-electron chi connectivity index (χ1n) is 4.72. The van der Waals surface area contributed by atoms with E-state index < -0.39 is 0 Å². The molecule has 1 aliphatic rings. The minimum Gasteiger partial charge on any atom is -0.392 e. The number of carbonyl (C=O) groups is 1. The number of rotatable bonds is 6. The van der Waals surface area contributed by atoms with Gasteiger partial charge in [0.05, 0.1) is 11.0 Å². The fraction of sp³-hybridized carbons (Fsp3) is 0.778. The lowest BCUT2D eigenvalue weighted by molar-refractivity contribution is -0.121. The summed E-state index contributed by atoms with van der Waals surface area (Å²) in [6.07, 6.45) is 4.79. The van der Waals surface area contributed by atoms with Gasteiger partial charge in [-0.1, -0.05) is 12.2 Å². The van der Waals surface area contributed by atoms with Gasteiger partial charge in [-0.15, -0.1) is 0 Å². The van der Waals surface area contributed by atoms with E-state index in [-0.39, 0.29) is 11.9 Å². The molecule has 0 bridgehead atoms. The Morgan fingerprint density at radius 1 is 1.71 bits per heavy atom. The Balaban J connectivity index is 2.31. The summed E-state index contributed by atoms with van der Waals surface area (Å²) in [5, 5.41) is 2.89. The molecular weight excluding hydrogens is 216 g/mol. The normalized spacial score (nSPS) is 17.5. The van der Waals surface area contributed by atoms with Crippen molar-refractivity contribution in [3.63, 3.8) is 0 Å². The van der Waals surface area contributed by atoms with Crippen LogP contribution in [0.5, 0.6) is 0 Å². The molecule has 0 aromatic carbocycles. The Morgan fingerprint density at radius 2 is 2.36 bits per heavy atom. The van der Waals surface area contributed by atoms with Gasteiger partial charge < -0.3 is 11.1 Å². The highest BCUT2D eigenvalue weighted by atomic mass is 32.2. The Hall–Kier alpha value is -0.290. The molecule has 0 aromatic rings. The third-order valence-electron chi connectivity index (χ3n) is 2.25. The maximum absolute atomic E-state index is 11.4. The number of amides is 1. The zero-order chi connectivity index (χ0) is 10.6. The molecule has 0 saturated heterocycles. The molecule has 1 atom stereocenters. The van der Waals surface area contributed by atoms with E-state index >= 15 is 0 Å². The van der Waals surface area contributed by atoms with Crippen LogP contribution in [-0.4, -0.2) is 28.9 Å². The SMILES string of the molecule is CSCCC(=O)NC(C(N)=S)C1CC1. The monoisotopic (exact) mass is 232 g/mol. The van der Waals surface area contributed by atoms with Gasteiger partial charge in [0, 0.05) is 12.2 Å². The summed E-state index contributed by atoms with van der Waals surface area (Å²) in [6, 6.07) is -0.0700. The molecule has 1 aliphatic carbocycles. The average Bonchev–Trinajstić information content (AvgIpc) is 2.93. The smallest absolute Gasteiger partial charge is 0.221 e. The first-order valence-corrected chi connectivity index (χ1v) is 6.53.